The molecular weight excluding hydrogens is 201 g/mol. The van der Waals surface area contributed by atoms with Crippen LogP contribution in [0, 0.1) is 0 Å². The van der Waals surface area contributed by atoms with E-state index < -0.39 is 7.52 Å². The van der Waals surface area contributed by atoms with Crippen LogP contribution in [-0.2, 0) is 13.8 Å². The molecule has 0 aliphatic rings. The highest BCUT2D eigenvalue weighted by Crippen LogP contribution is 2.35. The zero-order chi connectivity index (χ0) is 10.4. The third-order valence-electron chi connectivity index (χ3n) is 1.69. The lowest BCUT2D eigenvalue weighted by Crippen LogP contribution is -2.15. The van der Waals surface area contributed by atoms with Gasteiger partial charge in [0.15, 0.2) is 0 Å². The van der Waals surface area contributed by atoms with Gasteiger partial charge in [-0.05, 0) is 12.1 Å². The summed E-state index contributed by atoms with van der Waals surface area (Å²) in [5.74, 6) is 0. The van der Waals surface area contributed by atoms with Crippen LogP contribution in [0.3, 0.4) is 0 Å². The number of ether oxygens (including phenoxy) is 1. The summed E-state index contributed by atoms with van der Waals surface area (Å²) in [7, 11) is -1.61. The fraction of sp³-hybridized carbons (Fsp3) is 0.333. The Hall–Kier alpha value is -0.670. The Morgan fingerprint density at radius 1 is 1.29 bits per heavy atom. The maximum absolute atomic E-state index is 11.8. The molecule has 0 aliphatic carbocycles. The van der Waals surface area contributed by atoms with Crippen molar-refractivity contribution in [3.8, 4) is 0 Å². The predicted molar refractivity (Wildman–Crippen MR) is 55.7 cm³/mol. The molecule has 0 saturated heterocycles. The van der Waals surface area contributed by atoms with Crippen LogP contribution < -0.4 is 10.8 Å². The first-order chi connectivity index (χ1) is 6.67. The monoisotopic (exact) mass is 215 g/mol. The lowest BCUT2D eigenvalue weighted by molar-refractivity contribution is 0.148. The van der Waals surface area contributed by atoms with Gasteiger partial charge in [0.1, 0.15) is 0 Å². The summed E-state index contributed by atoms with van der Waals surface area (Å²) in [6.45, 7) is 0.618. The van der Waals surface area contributed by atoms with Crippen molar-refractivity contribution in [3.63, 3.8) is 0 Å². The highest BCUT2D eigenvalue weighted by atomic mass is 31.2. The van der Waals surface area contributed by atoms with E-state index in [1.807, 2.05) is 6.07 Å². The standard InChI is InChI=1S/C9H14NO3P/c1-12-7-8-13-14(10,11)9-5-3-2-4-6-9/h2-6H,7-8H2,1H3,(H2,10,11). The molecule has 1 atom stereocenters. The molecule has 1 aromatic rings. The average molecular weight is 215 g/mol. The molecule has 1 unspecified atom stereocenters. The molecule has 0 aliphatic heterocycles. The number of hydrogen-bond acceptors (Lipinski definition) is 3. The van der Waals surface area contributed by atoms with Gasteiger partial charge in [-0.3, -0.25) is 10.1 Å². The quantitative estimate of drug-likeness (QED) is 0.590. The second kappa shape index (κ2) is 5.27. The molecule has 0 heterocycles. The largest absolute Gasteiger partial charge is 0.382 e. The molecule has 4 nitrogen and oxygen atoms in total. The second-order valence-corrected chi connectivity index (χ2v) is 4.73. The van der Waals surface area contributed by atoms with Gasteiger partial charge in [0.05, 0.1) is 18.5 Å². The molecule has 0 fully saturated rings. The SMILES string of the molecule is COCCOP(N)(=O)c1ccccc1. The first-order valence-corrected chi connectivity index (χ1v) is 5.94. The summed E-state index contributed by atoms with van der Waals surface area (Å²) in [5, 5.41) is 0.524. The fourth-order valence-corrected chi connectivity index (χ4v) is 2.05. The first-order valence-electron chi connectivity index (χ1n) is 4.24. The van der Waals surface area contributed by atoms with Gasteiger partial charge in [-0.15, -0.1) is 0 Å². The van der Waals surface area contributed by atoms with Crippen LogP contribution in [0.5, 0.6) is 0 Å². The van der Waals surface area contributed by atoms with Gasteiger partial charge >= 0.3 is 0 Å². The summed E-state index contributed by atoms with van der Waals surface area (Å²) in [4.78, 5) is 0. The normalized spacial score (nSPS) is 15.0. The van der Waals surface area contributed by atoms with E-state index >= 15 is 0 Å². The van der Waals surface area contributed by atoms with Crippen LogP contribution in [0.15, 0.2) is 30.3 Å². The van der Waals surface area contributed by atoms with Crippen molar-refractivity contribution < 1.29 is 13.8 Å². The van der Waals surface area contributed by atoms with Crippen molar-refractivity contribution in [1.82, 2.24) is 0 Å². The first kappa shape index (κ1) is 11.4. The predicted octanol–water partition coefficient (Wildman–Crippen LogP) is 1.13. The van der Waals surface area contributed by atoms with Gasteiger partial charge in [0.25, 0.3) is 7.52 Å². The molecule has 0 radical (unpaired) electrons. The Labute approximate surface area is 83.5 Å². The Morgan fingerprint density at radius 3 is 2.50 bits per heavy atom. The third kappa shape index (κ3) is 3.24. The van der Waals surface area contributed by atoms with Gasteiger partial charge in [-0.1, -0.05) is 18.2 Å². The molecule has 1 aromatic carbocycles. The molecule has 0 spiro atoms. The van der Waals surface area contributed by atoms with E-state index in [1.54, 1.807) is 31.4 Å². The molecule has 14 heavy (non-hydrogen) atoms. The van der Waals surface area contributed by atoms with Crippen molar-refractivity contribution in [2.75, 3.05) is 20.3 Å². The van der Waals surface area contributed by atoms with E-state index in [1.165, 1.54) is 0 Å². The molecular formula is C9H14NO3P. The Balaban J connectivity index is 2.62. The Bertz CT molecular complexity index is 315. The Kier molecular flexibility index (Phi) is 4.29. The fourth-order valence-electron chi connectivity index (χ4n) is 0.967. The minimum atomic E-state index is -3.15. The van der Waals surface area contributed by atoms with Gasteiger partial charge in [-0.2, -0.15) is 0 Å². The number of rotatable bonds is 5. The molecule has 5 heteroatoms. The number of benzene rings is 1. The minimum Gasteiger partial charge on any atom is -0.382 e. The van der Waals surface area contributed by atoms with Gasteiger partial charge in [0, 0.05) is 7.11 Å². The van der Waals surface area contributed by atoms with E-state index in [0.29, 0.717) is 11.9 Å². The second-order valence-electron chi connectivity index (χ2n) is 2.76. The summed E-state index contributed by atoms with van der Waals surface area (Å²) in [5.41, 5.74) is 5.56. The van der Waals surface area contributed by atoms with Crippen LogP contribution in [0.2, 0.25) is 0 Å². The maximum atomic E-state index is 11.8. The molecule has 0 aromatic heterocycles. The smallest absolute Gasteiger partial charge is 0.297 e. The van der Waals surface area contributed by atoms with Gasteiger partial charge in [-0.25, -0.2) is 0 Å². The van der Waals surface area contributed by atoms with Crippen LogP contribution in [-0.4, -0.2) is 20.3 Å². The van der Waals surface area contributed by atoms with E-state index in [0.717, 1.165) is 0 Å². The number of hydrogen-bond donors (Lipinski definition) is 1. The maximum Gasteiger partial charge on any atom is 0.297 e. The Morgan fingerprint density at radius 2 is 1.93 bits per heavy atom. The summed E-state index contributed by atoms with van der Waals surface area (Å²) < 4.78 is 21.6. The highest BCUT2D eigenvalue weighted by molar-refractivity contribution is 7.64. The van der Waals surface area contributed by atoms with Gasteiger partial charge < -0.3 is 9.26 Å². The molecule has 0 saturated carbocycles. The van der Waals surface area contributed by atoms with Gasteiger partial charge in [0.2, 0.25) is 0 Å². The van der Waals surface area contributed by atoms with Crippen LogP contribution in [0.1, 0.15) is 0 Å². The van der Waals surface area contributed by atoms with Crippen LogP contribution in [0.4, 0.5) is 0 Å². The number of nitrogens with two attached hydrogens (primary N) is 1. The van der Waals surface area contributed by atoms with E-state index in [4.69, 9.17) is 14.8 Å². The van der Waals surface area contributed by atoms with E-state index in [2.05, 4.69) is 0 Å². The van der Waals surface area contributed by atoms with Crippen molar-refractivity contribution in [1.29, 1.82) is 0 Å². The zero-order valence-electron chi connectivity index (χ0n) is 8.05. The molecule has 1 rings (SSSR count). The molecule has 0 bridgehead atoms. The lowest BCUT2D eigenvalue weighted by Gasteiger charge is -2.12. The molecule has 78 valence electrons. The summed E-state index contributed by atoms with van der Waals surface area (Å²) in [6, 6.07) is 8.75. The van der Waals surface area contributed by atoms with Crippen LogP contribution >= 0.6 is 7.52 Å². The van der Waals surface area contributed by atoms with Crippen LogP contribution in [0.25, 0.3) is 0 Å². The van der Waals surface area contributed by atoms with Crippen molar-refractivity contribution in [3.05, 3.63) is 30.3 Å². The summed E-state index contributed by atoms with van der Waals surface area (Å²) >= 11 is 0. The van der Waals surface area contributed by atoms with Crippen molar-refractivity contribution in [2.24, 2.45) is 5.50 Å². The summed E-state index contributed by atoms with van der Waals surface area (Å²) in [6.07, 6.45) is 0. The van der Waals surface area contributed by atoms with E-state index in [-0.39, 0.29) is 6.61 Å². The minimum absolute atomic E-state index is 0.235. The van der Waals surface area contributed by atoms with Crippen molar-refractivity contribution >= 4 is 12.8 Å². The number of methoxy groups -OCH3 is 1. The third-order valence-corrected chi connectivity index (χ3v) is 3.27. The van der Waals surface area contributed by atoms with E-state index in [9.17, 15) is 4.57 Å². The van der Waals surface area contributed by atoms with Crippen molar-refractivity contribution in [2.45, 2.75) is 0 Å². The zero-order valence-corrected chi connectivity index (χ0v) is 8.94. The topological polar surface area (TPSA) is 61.6 Å². The average Bonchev–Trinajstić information content (AvgIpc) is 2.19. The lowest BCUT2D eigenvalue weighted by atomic mass is 10.4. The molecule has 2 N–H and O–H groups in total. The highest BCUT2D eigenvalue weighted by Gasteiger charge is 2.18. The molecule has 0 amide bonds.